The molecule has 0 bridgehead atoms. The largest absolute Gasteiger partial charge is 0.375 e. The Morgan fingerprint density at radius 2 is 1.88 bits per heavy atom. The van der Waals surface area contributed by atoms with Crippen LogP contribution in [0, 0.1) is 6.92 Å². The summed E-state index contributed by atoms with van der Waals surface area (Å²) < 4.78 is 0. The van der Waals surface area contributed by atoms with Crippen LogP contribution >= 0.6 is 11.3 Å². The molecular weight excluding hydrogens is 230 g/mol. The van der Waals surface area contributed by atoms with Crippen molar-refractivity contribution in [2.24, 2.45) is 0 Å². The molecular formula is C13H17N3S. The molecule has 90 valence electrons. The van der Waals surface area contributed by atoms with Crippen LogP contribution in [0.3, 0.4) is 0 Å². The predicted molar refractivity (Wildman–Crippen MR) is 73.2 cm³/mol. The Kier molecular flexibility index (Phi) is 2.91. The first kappa shape index (κ1) is 12.0. The third-order valence-electron chi connectivity index (χ3n) is 2.65. The van der Waals surface area contributed by atoms with E-state index in [0.717, 1.165) is 22.6 Å². The third-order valence-corrected chi connectivity index (χ3v) is 3.33. The van der Waals surface area contributed by atoms with Crippen LogP contribution in [0.15, 0.2) is 17.5 Å². The van der Waals surface area contributed by atoms with E-state index in [9.17, 15) is 0 Å². The van der Waals surface area contributed by atoms with Crippen molar-refractivity contribution in [2.45, 2.75) is 33.1 Å². The molecule has 0 atom stereocenters. The van der Waals surface area contributed by atoms with Crippen molar-refractivity contribution in [2.75, 3.05) is 5.73 Å². The molecule has 0 unspecified atom stereocenters. The minimum Gasteiger partial charge on any atom is -0.375 e. The highest BCUT2D eigenvalue weighted by molar-refractivity contribution is 7.13. The summed E-state index contributed by atoms with van der Waals surface area (Å²) in [7, 11) is 0. The molecule has 0 aliphatic rings. The van der Waals surface area contributed by atoms with Gasteiger partial charge in [-0.1, -0.05) is 20.8 Å². The lowest BCUT2D eigenvalue weighted by molar-refractivity contribution is 0.567. The first-order valence-electron chi connectivity index (χ1n) is 5.57. The molecule has 4 heteroatoms. The molecule has 2 rings (SSSR count). The summed E-state index contributed by atoms with van der Waals surface area (Å²) in [5, 5.41) is 2.56. The number of nitrogens with zero attached hydrogens (tertiary/aromatic N) is 2. The fourth-order valence-corrected chi connectivity index (χ4v) is 2.22. The van der Waals surface area contributed by atoms with E-state index in [1.54, 1.807) is 0 Å². The van der Waals surface area contributed by atoms with E-state index in [1.807, 2.05) is 12.3 Å². The van der Waals surface area contributed by atoms with Gasteiger partial charge in [-0.25, -0.2) is 4.98 Å². The van der Waals surface area contributed by atoms with Gasteiger partial charge in [0.05, 0.1) is 5.69 Å². The van der Waals surface area contributed by atoms with Gasteiger partial charge < -0.3 is 5.73 Å². The maximum atomic E-state index is 5.65. The maximum absolute atomic E-state index is 5.65. The van der Waals surface area contributed by atoms with Crippen molar-refractivity contribution in [3.8, 4) is 11.3 Å². The van der Waals surface area contributed by atoms with Crippen molar-refractivity contribution in [1.29, 1.82) is 0 Å². The number of nitrogen functional groups attached to an aromatic ring is 1. The summed E-state index contributed by atoms with van der Waals surface area (Å²) >= 11 is 1.46. The summed E-state index contributed by atoms with van der Waals surface area (Å²) in [6.07, 6.45) is 0. The smallest absolute Gasteiger partial charge is 0.180 e. The molecule has 17 heavy (non-hydrogen) atoms. The highest BCUT2D eigenvalue weighted by Gasteiger charge is 2.17. The zero-order valence-electron chi connectivity index (χ0n) is 10.6. The van der Waals surface area contributed by atoms with Crippen LogP contribution in [-0.4, -0.2) is 9.97 Å². The van der Waals surface area contributed by atoms with E-state index in [1.165, 1.54) is 11.3 Å². The third kappa shape index (κ3) is 2.47. The van der Waals surface area contributed by atoms with E-state index in [-0.39, 0.29) is 5.41 Å². The normalized spacial score (nSPS) is 11.8. The van der Waals surface area contributed by atoms with Gasteiger partial charge in [0, 0.05) is 27.7 Å². The number of aromatic nitrogens is 2. The lowest BCUT2D eigenvalue weighted by Crippen LogP contribution is -2.14. The fraction of sp³-hybridized carbons (Fsp3) is 0.385. The molecule has 0 spiro atoms. The summed E-state index contributed by atoms with van der Waals surface area (Å²) in [5.74, 6) is 0. The highest BCUT2D eigenvalue weighted by atomic mass is 32.1. The zero-order chi connectivity index (χ0) is 12.6. The number of hydrogen-bond donors (Lipinski definition) is 1. The van der Waals surface area contributed by atoms with E-state index in [0.29, 0.717) is 5.13 Å². The Labute approximate surface area is 106 Å². The molecule has 0 fully saturated rings. The molecule has 0 aromatic carbocycles. The van der Waals surface area contributed by atoms with Crippen LogP contribution in [0.2, 0.25) is 0 Å². The van der Waals surface area contributed by atoms with Crippen LogP contribution in [-0.2, 0) is 5.41 Å². The lowest BCUT2D eigenvalue weighted by atomic mass is 9.91. The van der Waals surface area contributed by atoms with E-state index >= 15 is 0 Å². The molecule has 2 heterocycles. The van der Waals surface area contributed by atoms with Gasteiger partial charge in [0.2, 0.25) is 0 Å². The van der Waals surface area contributed by atoms with Crippen molar-refractivity contribution in [3.63, 3.8) is 0 Å². The topological polar surface area (TPSA) is 51.8 Å². The van der Waals surface area contributed by atoms with Gasteiger partial charge in [0.1, 0.15) is 0 Å². The molecule has 0 saturated heterocycles. The molecule has 2 N–H and O–H groups in total. The molecule has 2 aromatic heterocycles. The van der Waals surface area contributed by atoms with Gasteiger partial charge in [-0.15, -0.1) is 11.3 Å². The second kappa shape index (κ2) is 4.11. The number of anilines is 1. The second-order valence-corrected chi connectivity index (χ2v) is 6.04. The predicted octanol–water partition coefficient (Wildman–Crippen LogP) is 3.39. The first-order valence-corrected chi connectivity index (χ1v) is 6.45. The van der Waals surface area contributed by atoms with Crippen LogP contribution in [0.1, 0.15) is 32.2 Å². The minimum absolute atomic E-state index is 0.0738. The number of nitrogens with two attached hydrogens (primary N) is 1. The standard InChI is InChI=1S/C13H17N3S/c1-8-9(10-7-17-12(14)16-10)5-6-11(15-8)13(2,3)4/h5-7H,1-4H3,(H2,14,16). The Morgan fingerprint density at radius 1 is 1.18 bits per heavy atom. The average Bonchev–Trinajstić information content (AvgIpc) is 2.63. The van der Waals surface area contributed by atoms with Gasteiger partial charge in [-0.05, 0) is 19.1 Å². The molecule has 0 aliphatic heterocycles. The van der Waals surface area contributed by atoms with Crippen molar-refractivity contribution >= 4 is 16.5 Å². The number of rotatable bonds is 1. The minimum atomic E-state index is 0.0738. The lowest BCUT2D eigenvalue weighted by Gasteiger charge is -2.18. The SMILES string of the molecule is Cc1nc(C(C)(C)C)ccc1-c1csc(N)n1. The summed E-state index contributed by atoms with van der Waals surface area (Å²) in [4.78, 5) is 8.94. The average molecular weight is 247 g/mol. The van der Waals surface area contributed by atoms with Gasteiger partial charge >= 0.3 is 0 Å². The maximum Gasteiger partial charge on any atom is 0.180 e. The number of thiazole rings is 1. The van der Waals surface area contributed by atoms with Crippen molar-refractivity contribution in [3.05, 3.63) is 28.9 Å². The molecule has 0 aliphatic carbocycles. The van der Waals surface area contributed by atoms with E-state index in [4.69, 9.17) is 5.73 Å². The molecule has 2 aromatic rings. The highest BCUT2D eigenvalue weighted by Crippen LogP contribution is 2.28. The Morgan fingerprint density at radius 3 is 2.35 bits per heavy atom. The number of pyridine rings is 1. The monoisotopic (exact) mass is 247 g/mol. The van der Waals surface area contributed by atoms with Gasteiger partial charge in [0.25, 0.3) is 0 Å². The first-order chi connectivity index (χ1) is 7.88. The van der Waals surface area contributed by atoms with Gasteiger partial charge in [-0.3, -0.25) is 4.98 Å². The summed E-state index contributed by atoms with van der Waals surface area (Å²) in [6.45, 7) is 8.50. The second-order valence-electron chi connectivity index (χ2n) is 5.15. The summed E-state index contributed by atoms with van der Waals surface area (Å²) in [6, 6.07) is 4.15. The zero-order valence-corrected chi connectivity index (χ0v) is 11.4. The van der Waals surface area contributed by atoms with Crippen LogP contribution < -0.4 is 5.73 Å². The van der Waals surface area contributed by atoms with Crippen LogP contribution in [0.5, 0.6) is 0 Å². The molecule has 0 saturated carbocycles. The fourth-order valence-electron chi connectivity index (χ4n) is 1.66. The molecule has 0 amide bonds. The van der Waals surface area contributed by atoms with Crippen LogP contribution in [0.4, 0.5) is 5.13 Å². The Hall–Kier alpha value is -1.42. The molecule has 3 nitrogen and oxygen atoms in total. The van der Waals surface area contributed by atoms with E-state index in [2.05, 4.69) is 42.9 Å². The van der Waals surface area contributed by atoms with Crippen molar-refractivity contribution < 1.29 is 0 Å². The Balaban J connectivity index is 2.45. The number of hydrogen-bond acceptors (Lipinski definition) is 4. The van der Waals surface area contributed by atoms with Gasteiger partial charge in [-0.2, -0.15) is 0 Å². The molecule has 0 radical (unpaired) electrons. The van der Waals surface area contributed by atoms with Crippen molar-refractivity contribution in [1.82, 2.24) is 9.97 Å². The van der Waals surface area contributed by atoms with E-state index < -0.39 is 0 Å². The quantitative estimate of drug-likeness (QED) is 0.840. The summed E-state index contributed by atoms with van der Waals surface area (Å²) in [5.41, 5.74) is 9.80. The van der Waals surface area contributed by atoms with Crippen LogP contribution in [0.25, 0.3) is 11.3 Å². The van der Waals surface area contributed by atoms with Gasteiger partial charge in [0.15, 0.2) is 5.13 Å². The number of aryl methyl sites for hydroxylation is 1. The Bertz CT molecular complexity index is 538.